The van der Waals surface area contributed by atoms with Crippen LogP contribution in [0, 0.1) is 0 Å². The fourth-order valence-corrected chi connectivity index (χ4v) is 0.769. The number of hydrogen-bond donors (Lipinski definition) is 3. The summed E-state index contributed by atoms with van der Waals surface area (Å²) in [6.45, 7) is 5.50. The molecule has 0 saturated carbocycles. The number of guanidine groups is 1. The molecule has 0 aromatic carbocycles. The second-order valence-corrected chi connectivity index (χ2v) is 2.94. The lowest BCUT2D eigenvalue weighted by Crippen LogP contribution is -2.38. The van der Waals surface area contributed by atoms with Crippen molar-refractivity contribution in [3.05, 3.63) is 0 Å². The summed E-state index contributed by atoms with van der Waals surface area (Å²) in [4.78, 5) is 4.11. The van der Waals surface area contributed by atoms with Crippen molar-refractivity contribution < 1.29 is 0 Å². The van der Waals surface area contributed by atoms with E-state index in [0.29, 0.717) is 10.3 Å². The van der Waals surface area contributed by atoms with E-state index in [2.05, 4.69) is 28.3 Å². The average molecular weight is 191 g/mol. The quantitative estimate of drug-likeness (QED) is 0.261. The van der Waals surface area contributed by atoms with Gasteiger partial charge in [0.25, 0.3) is 0 Å². The average Bonchev–Trinajstić information content (AvgIpc) is 1.87. The zero-order valence-electron chi connectivity index (χ0n) is 6.72. The van der Waals surface area contributed by atoms with E-state index in [-0.39, 0.29) is 0 Å². The van der Waals surface area contributed by atoms with Gasteiger partial charge in [0.15, 0.2) is 5.96 Å². The number of rotatable bonds is 2. The van der Waals surface area contributed by atoms with Gasteiger partial charge in [-0.15, -0.1) is 12.6 Å². The van der Waals surface area contributed by atoms with Gasteiger partial charge in [-0.3, -0.25) is 4.99 Å². The number of aliphatic imine (C=N–C) groups is 1. The summed E-state index contributed by atoms with van der Waals surface area (Å²) in [5, 5.41) is 5.83. The maximum absolute atomic E-state index is 4.73. The molecule has 0 amide bonds. The van der Waals surface area contributed by atoms with Gasteiger partial charge in [-0.2, -0.15) is 0 Å². The summed E-state index contributed by atoms with van der Waals surface area (Å²) < 4.78 is 0.429. The van der Waals surface area contributed by atoms with E-state index >= 15 is 0 Å². The van der Waals surface area contributed by atoms with Crippen LogP contribution in [-0.2, 0) is 0 Å². The molecule has 2 N–H and O–H groups in total. The van der Waals surface area contributed by atoms with E-state index in [9.17, 15) is 0 Å². The summed E-state index contributed by atoms with van der Waals surface area (Å²) >= 11 is 8.65. The maximum Gasteiger partial charge on any atom is 0.196 e. The topological polar surface area (TPSA) is 36.4 Å². The normalized spacial score (nSPS) is 11.0. The number of nitrogens with zero attached hydrogens (tertiary/aromatic N) is 1. The fraction of sp³-hybridized carbons (Fsp3) is 0.667. The molecule has 0 radical (unpaired) electrons. The predicted molar refractivity (Wildman–Crippen MR) is 56.4 cm³/mol. The Labute approximate surface area is 78.1 Å². The van der Waals surface area contributed by atoms with E-state index in [0.717, 1.165) is 13.1 Å². The summed E-state index contributed by atoms with van der Waals surface area (Å²) in [6.07, 6.45) is 0. The minimum atomic E-state index is 0.429. The van der Waals surface area contributed by atoms with E-state index in [4.69, 9.17) is 12.2 Å². The highest BCUT2D eigenvalue weighted by molar-refractivity contribution is 8.11. The van der Waals surface area contributed by atoms with Gasteiger partial charge < -0.3 is 10.6 Å². The summed E-state index contributed by atoms with van der Waals surface area (Å²) in [5.74, 6) is 0.690. The van der Waals surface area contributed by atoms with Crippen molar-refractivity contribution in [2.75, 3.05) is 13.1 Å². The SMILES string of the molecule is CCN=C(NCC)NC(=S)S. The summed E-state index contributed by atoms with van der Waals surface area (Å²) in [5.41, 5.74) is 0. The Bertz CT molecular complexity index is 156. The first kappa shape index (κ1) is 10.7. The third-order valence-electron chi connectivity index (χ3n) is 0.886. The molecular weight excluding hydrogens is 178 g/mol. The van der Waals surface area contributed by atoms with Crippen LogP contribution in [0.5, 0.6) is 0 Å². The van der Waals surface area contributed by atoms with Crippen molar-refractivity contribution in [2.45, 2.75) is 13.8 Å². The highest BCUT2D eigenvalue weighted by atomic mass is 32.1. The van der Waals surface area contributed by atoms with Gasteiger partial charge in [0.05, 0.1) is 0 Å². The van der Waals surface area contributed by atoms with E-state index in [1.807, 2.05) is 13.8 Å². The molecule has 0 spiro atoms. The van der Waals surface area contributed by atoms with Crippen molar-refractivity contribution in [1.29, 1.82) is 0 Å². The standard InChI is InChI=1S/C6H13N3S2/c1-3-7-5(8-4-2)9-6(10)11/h3-4H2,1-2H3,(H3,7,8,9,10,11). The highest BCUT2D eigenvalue weighted by Crippen LogP contribution is 1.78. The number of hydrogen-bond acceptors (Lipinski definition) is 2. The number of thiol groups is 1. The van der Waals surface area contributed by atoms with Gasteiger partial charge in [0.2, 0.25) is 0 Å². The molecule has 0 aliphatic heterocycles. The molecule has 0 aliphatic rings. The molecule has 3 nitrogen and oxygen atoms in total. The first-order valence-corrected chi connectivity index (χ1v) is 4.34. The molecule has 0 unspecified atom stereocenters. The van der Waals surface area contributed by atoms with Crippen LogP contribution in [-0.4, -0.2) is 23.4 Å². The second kappa shape index (κ2) is 6.42. The lowest BCUT2D eigenvalue weighted by molar-refractivity contribution is 0.919. The second-order valence-electron chi connectivity index (χ2n) is 1.78. The molecule has 5 heteroatoms. The van der Waals surface area contributed by atoms with E-state index < -0.39 is 0 Å². The first-order valence-electron chi connectivity index (χ1n) is 3.49. The van der Waals surface area contributed by atoms with E-state index in [1.165, 1.54) is 0 Å². The predicted octanol–water partition coefficient (Wildman–Crippen LogP) is 0.776. The lowest BCUT2D eigenvalue weighted by Gasteiger charge is -2.07. The largest absolute Gasteiger partial charge is 0.356 e. The molecular formula is C6H13N3S2. The summed E-state index contributed by atoms with van der Waals surface area (Å²) in [6, 6.07) is 0. The van der Waals surface area contributed by atoms with Gasteiger partial charge in [-0.1, -0.05) is 12.2 Å². The van der Waals surface area contributed by atoms with E-state index in [1.54, 1.807) is 0 Å². The molecule has 0 saturated heterocycles. The molecule has 0 fully saturated rings. The lowest BCUT2D eigenvalue weighted by atomic mass is 10.7. The number of nitrogens with one attached hydrogen (secondary N) is 2. The van der Waals surface area contributed by atoms with Crippen LogP contribution in [0.15, 0.2) is 4.99 Å². The Morgan fingerprint density at radius 3 is 2.55 bits per heavy atom. The smallest absolute Gasteiger partial charge is 0.196 e. The van der Waals surface area contributed by atoms with Crippen LogP contribution < -0.4 is 10.6 Å². The molecule has 0 bridgehead atoms. The van der Waals surface area contributed by atoms with Crippen LogP contribution in [0.1, 0.15) is 13.8 Å². The van der Waals surface area contributed by atoms with Crippen molar-refractivity contribution >= 4 is 35.1 Å². The van der Waals surface area contributed by atoms with Crippen LogP contribution in [0.25, 0.3) is 0 Å². The minimum absolute atomic E-state index is 0.429. The van der Waals surface area contributed by atoms with Crippen LogP contribution >= 0.6 is 24.8 Å². The fourth-order valence-electron chi connectivity index (χ4n) is 0.566. The molecule has 0 rings (SSSR count). The van der Waals surface area contributed by atoms with Crippen LogP contribution in [0.4, 0.5) is 0 Å². The van der Waals surface area contributed by atoms with Crippen molar-refractivity contribution in [2.24, 2.45) is 4.99 Å². The van der Waals surface area contributed by atoms with Gasteiger partial charge in [-0.05, 0) is 13.8 Å². The molecule has 11 heavy (non-hydrogen) atoms. The maximum atomic E-state index is 4.73. The van der Waals surface area contributed by atoms with Crippen LogP contribution in [0.3, 0.4) is 0 Å². The minimum Gasteiger partial charge on any atom is -0.356 e. The van der Waals surface area contributed by atoms with Gasteiger partial charge in [0.1, 0.15) is 4.32 Å². The van der Waals surface area contributed by atoms with Crippen molar-refractivity contribution in [3.8, 4) is 0 Å². The first-order chi connectivity index (χ1) is 5.20. The van der Waals surface area contributed by atoms with Gasteiger partial charge >= 0.3 is 0 Å². The Balaban J connectivity index is 3.89. The van der Waals surface area contributed by atoms with Gasteiger partial charge in [-0.25, -0.2) is 0 Å². The monoisotopic (exact) mass is 191 g/mol. The highest BCUT2D eigenvalue weighted by Gasteiger charge is 1.94. The third kappa shape index (κ3) is 6.12. The van der Waals surface area contributed by atoms with Crippen molar-refractivity contribution in [3.63, 3.8) is 0 Å². The Morgan fingerprint density at radius 2 is 2.18 bits per heavy atom. The molecule has 0 aromatic rings. The summed E-state index contributed by atoms with van der Waals surface area (Å²) in [7, 11) is 0. The Morgan fingerprint density at radius 1 is 1.55 bits per heavy atom. The van der Waals surface area contributed by atoms with Gasteiger partial charge in [0, 0.05) is 13.1 Å². The third-order valence-corrected chi connectivity index (χ3v) is 1.10. The molecule has 64 valence electrons. The van der Waals surface area contributed by atoms with Crippen molar-refractivity contribution in [1.82, 2.24) is 10.6 Å². The Kier molecular flexibility index (Phi) is 6.25. The molecule has 0 aromatic heterocycles. The zero-order valence-corrected chi connectivity index (χ0v) is 8.43. The zero-order chi connectivity index (χ0) is 8.69. The number of thiocarbonyl (C=S) groups is 1. The molecule has 0 aliphatic carbocycles. The molecule has 0 heterocycles. The Hall–Kier alpha value is -0.290. The molecule has 0 atom stereocenters. The van der Waals surface area contributed by atoms with Crippen LogP contribution in [0.2, 0.25) is 0 Å².